The average molecular weight is 436 g/mol. The van der Waals surface area contributed by atoms with Crippen LogP contribution in [0.3, 0.4) is 0 Å². The Morgan fingerprint density at radius 2 is 1.59 bits per heavy atom. The minimum Gasteiger partial charge on any atom is -0.506 e. The number of ether oxygens (including phenoxy) is 2. The minimum atomic E-state index is -0.674. The van der Waals surface area contributed by atoms with Gasteiger partial charge in [0.2, 0.25) is 0 Å². The van der Waals surface area contributed by atoms with E-state index < -0.39 is 17.7 Å². The van der Waals surface area contributed by atoms with E-state index in [-0.39, 0.29) is 22.9 Å². The van der Waals surface area contributed by atoms with Gasteiger partial charge in [-0.1, -0.05) is 50.1 Å². The second-order valence-electron chi connectivity index (χ2n) is 8.28. The molecule has 6 nitrogen and oxygen atoms in total. The summed E-state index contributed by atoms with van der Waals surface area (Å²) >= 11 is 0. The Kier molecular flexibility index (Phi) is 6.21. The SMILES string of the molecule is CCc1ccc(C2/C(=C(\O)c3c(OC)cccc3OC)C(=O)C(=O)N2C2CCCC2)cc1. The van der Waals surface area contributed by atoms with Crippen molar-refractivity contribution in [3.05, 3.63) is 64.7 Å². The first-order chi connectivity index (χ1) is 15.5. The molecular formula is C26H29NO5. The molecule has 168 valence electrons. The quantitative estimate of drug-likeness (QED) is 0.407. The lowest BCUT2D eigenvalue weighted by atomic mass is 9.93. The number of aliphatic hydroxyl groups is 1. The van der Waals surface area contributed by atoms with Gasteiger partial charge in [-0.15, -0.1) is 0 Å². The van der Waals surface area contributed by atoms with Gasteiger partial charge in [0.05, 0.1) is 25.8 Å². The Labute approximate surface area is 188 Å². The third kappa shape index (κ3) is 3.64. The van der Waals surface area contributed by atoms with Crippen molar-refractivity contribution < 1.29 is 24.2 Å². The number of amides is 1. The highest BCUT2D eigenvalue weighted by molar-refractivity contribution is 6.46. The van der Waals surface area contributed by atoms with Crippen LogP contribution in [0.15, 0.2) is 48.0 Å². The second kappa shape index (κ2) is 9.07. The van der Waals surface area contributed by atoms with Crippen LogP contribution >= 0.6 is 0 Å². The molecule has 1 N–H and O–H groups in total. The predicted octanol–water partition coefficient (Wildman–Crippen LogP) is 4.63. The van der Waals surface area contributed by atoms with Gasteiger partial charge in [-0.2, -0.15) is 0 Å². The summed E-state index contributed by atoms with van der Waals surface area (Å²) in [5.41, 5.74) is 2.33. The van der Waals surface area contributed by atoms with Crippen molar-refractivity contribution in [1.82, 2.24) is 4.90 Å². The fraction of sp³-hybridized carbons (Fsp3) is 0.385. The largest absolute Gasteiger partial charge is 0.506 e. The van der Waals surface area contributed by atoms with Crippen molar-refractivity contribution in [3.63, 3.8) is 0 Å². The van der Waals surface area contributed by atoms with Gasteiger partial charge in [0.15, 0.2) is 0 Å². The van der Waals surface area contributed by atoms with Gasteiger partial charge < -0.3 is 19.5 Å². The van der Waals surface area contributed by atoms with E-state index in [4.69, 9.17) is 9.47 Å². The number of ketones is 1. The van der Waals surface area contributed by atoms with Gasteiger partial charge in [0, 0.05) is 6.04 Å². The number of carbonyl (C=O) groups is 2. The highest BCUT2D eigenvalue weighted by atomic mass is 16.5. The number of aliphatic hydroxyl groups excluding tert-OH is 1. The van der Waals surface area contributed by atoms with Gasteiger partial charge in [0.25, 0.3) is 11.7 Å². The topological polar surface area (TPSA) is 76.1 Å². The summed E-state index contributed by atoms with van der Waals surface area (Å²) in [6.07, 6.45) is 4.65. The van der Waals surface area contributed by atoms with Crippen molar-refractivity contribution in [1.29, 1.82) is 0 Å². The molecule has 0 bridgehead atoms. The monoisotopic (exact) mass is 435 g/mol. The van der Waals surface area contributed by atoms with Crippen LogP contribution in [0.5, 0.6) is 11.5 Å². The number of Topliss-reactive ketones (excluding diaryl/α,β-unsaturated/α-hetero) is 1. The maximum absolute atomic E-state index is 13.3. The van der Waals surface area contributed by atoms with Crippen LogP contribution in [0.4, 0.5) is 0 Å². The zero-order valence-corrected chi connectivity index (χ0v) is 18.8. The third-order valence-corrected chi connectivity index (χ3v) is 6.57. The normalized spacial score (nSPS) is 20.7. The highest BCUT2D eigenvalue weighted by Gasteiger charge is 2.49. The van der Waals surface area contributed by atoms with E-state index in [9.17, 15) is 14.7 Å². The number of hydrogen-bond donors (Lipinski definition) is 1. The highest BCUT2D eigenvalue weighted by Crippen LogP contribution is 2.45. The molecule has 32 heavy (non-hydrogen) atoms. The summed E-state index contributed by atoms with van der Waals surface area (Å²) in [6, 6.07) is 12.4. The zero-order valence-electron chi connectivity index (χ0n) is 18.8. The molecule has 1 atom stereocenters. The molecule has 2 aromatic carbocycles. The van der Waals surface area contributed by atoms with E-state index in [1.165, 1.54) is 14.2 Å². The maximum atomic E-state index is 13.3. The standard InChI is InChI=1S/C26H29NO5/c1-4-16-12-14-17(15-13-16)23-22(25(29)26(30)27(23)18-8-5-6-9-18)24(28)21-19(31-2)10-7-11-20(21)32-3/h7,10-15,18,23,28H,4-6,8-9H2,1-3H3/b24-22+. The molecule has 1 saturated carbocycles. The lowest BCUT2D eigenvalue weighted by molar-refractivity contribution is -0.141. The van der Waals surface area contributed by atoms with E-state index in [1.807, 2.05) is 24.3 Å². The fourth-order valence-electron chi connectivity index (χ4n) is 4.89. The minimum absolute atomic E-state index is 0.0211. The van der Waals surface area contributed by atoms with Crippen LogP contribution in [0.25, 0.3) is 5.76 Å². The Bertz CT molecular complexity index is 1030. The van der Waals surface area contributed by atoms with Crippen LogP contribution in [0.2, 0.25) is 0 Å². The summed E-state index contributed by atoms with van der Waals surface area (Å²) < 4.78 is 10.9. The van der Waals surface area contributed by atoms with E-state index in [0.29, 0.717) is 11.5 Å². The molecule has 1 aliphatic carbocycles. The van der Waals surface area contributed by atoms with Crippen LogP contribution in [-0.2, 0) is 16.0 Å². The Morgan fingerprint density at radius 3 is 2.12 bits per heavy atom. The van der Waals surface area contributed by atoms with Crippen molar-refractivity contribution in [3.8, 4) is 11.5 Å². The van der Waals surface area contributed by atoms with Crippen molar-refractivity contribution in [2.45, 2.75) is 51.1 Å². The summed E-state index contributed by atoms with van der Waals surface area (Å²) in [6.45, 7) is 2.08. The Balaban J connectivity index is 1.94. The van der Waals surface area contributed by atoms with Crippen LogP contribution in [-0.4, -0.2) is 42.0 Å². The summed E-state index contributed by atoms with van der Waals surface area (Å²) in [7, 11) is 2.98. The first-order valence-corrected chi connectivity index (χ1v) is 11.1. The molecule has 4 rings (SSSR count). The molecule has 1 heterocycles. The lowest BCUT2D eigenvalue weighted by Gasteiger charge is -2.31. The summed E-state index contributed by atoms with van der Waals surface area (Å²) in [5.74, 6) is -0.769. The maximum Gasteiger partial charge on any atom is 0.295 e. The van der Waals surface area contributed by atoms with Crippen molar-refractivity contribution in [2.75, 3.05) is 14.2 Å². The number of methoxy groups -OCH3 is 2. The van der Waals surface area contributed by atoms with E-state index in [2.05, 4.69) is 6.92 Å². The van der Waals surface area contributed by atoms with Crippen LogP contribution in [0, 0.1) is 0 Å². The number of rotatable bonds is 6. The average Bonchev–Trinajstić information content (AvgIpc) is 3.44. The molecule has 0 aromatic heterocycles. The molecule has 1 unspecified atom stereocenters. The van der Waals surface area contributed by atoms with E-state index in [1.54, 1.807) is 23.1 Å². The number of aryl methyl sites for hydroxylation is 1. The zero-order chi connectivity index (χ0) is 22.8. The predicted molar refractivity (Wildman–Crippen MR) is 122 cm³/mol. The summed E-state index contributed by atoms with van der Waals surface area (Å²) in [4.78, 5) is 28.2. The Hall–Kier alpha value is -3.28. The van der Waals surface area contributed by atoms with Crippen LogP contribution in [0.1, 0.15) is 55.3 Å². The molecule has 1 amide bonds. The molecule has 0 spiro atoms. The fourth-order valence-corrected chi connectivity index (χ4v) is 4.89. The molecule has 2 aromatic rings. The molecule has 2 fully saturated rings. The van der Waals surface area contributed by atoms with E-state index >= 15 is 0 Å². The van der Waals surface area contributed by atoms with Gasteiger partial charge in [0.1, 0.15) is 22.8 Å². The molecule has 1 aliphatic heterocycles. The second-order valence-corrected chi connectivity index (χ2v) is 8.28. The third-order valence-electron chi connectivity index (χ3n) is 6.57. The first kappa shape index (κ1) is 21.9. The molecule has 2 aliphatic rings. The smallest absolute Gasteiger partial charge is 0.295 e. The number of nitrogens with zero attached hydrogens (tertiary/aromatic N) is 1. The van der Waals surface area contributed by atoms with E-state index in [0.717, 1.165) is 43.2 Å². The summed E-state index contributed by atoms with van der Waals surface area (Å²) in [5, 5.41) is 11.4. The molecule has 6 heteroatoms. The number of hydrogen-bond acceptors (Lipinski definition) is 5. The van der Waals surface area contributed by atoms with Gasteiger partial charge in [-0.05, 0) is 42.5 Å². The first-order valence-electron chi connectivity index (χ1n) is 11.1. The number of carbonyl (C=O) groups excluding carboxylic acids is 2. The molecule has 1 saturated heterocycles. The van der Waals surface area contributed by atoms with Crippen LogP contribution < -0.4 is 9.47 Å². The van der Waals surface area contributed by atoms with Gasteiger partial charge in [-0.3, -0.25) is 9.59 Å². The Morgan fingerprint density at radius 1 is 1.00 bits per heavy atom. The van der Waals surface area contributed by atoms with Gasteiger partial charge >= 0.3 is 0 Å². The number of benzene rings is 2. The molecule has 0 radical (unpaired) electrons. The van der Waals surface area contributed by atoms with Gasteiger partial charge in [-0.25, -0.2) is 0 Å². The van der Waals surface area contributed by atoms with Crippen molar-refractivity contribution in [2.24, 2.45) is 0 Å². The van der Waals surface area contributed by atoms with Crippen molar-refractivity contribution >= 4 is 17.4 Å². The molecular weight excluding hydrogens is 406 g/mol. The number of likely N-dealkylation sites (tertiary alicyclic amines) is 1. The lowest BCUT2D eigenvalue weighted by Crippen LogP contribution is -2.37.